The Kier molecular flexibility index (Phi) is 4.57. The standard InChI is InChI=1S/C10H13Br2NO2S/c1-10(2,13-16(14,15)7-11)8-3-5-9(12)6-4-8/h3-6,13H,7H2,1-2H3. The number of alkyl halides is 1. The lowest BCUT2D eigenvalue weighted by Crippen LogP contribution is -2.41. The molecule has 0 aliphatic carbocycles. The van der Waals surface area contributed by atoms with Gasteiger partial charge in [-0.2, -0.15) is 0 Å². The minimum atomic E-state index is -3.28. The molecule has 1 N–H and O–H groups in total. The zero-order valence-electron chi connectivity index (χ0n) is 9.00. The van der Waals surface area contributed by atoms with Crippen molar-refractivity contribution in [3.63, 3.8) is 0 Å². The second kappa shape index (κ2) is 5.16. The largest absolute Gasteiger partial charge is 0.222 e. The van der Waals surface area contributed by atoms with Crippen LogP contribution in [0.3, 0.4) is 0 Å². The summed E-state index contributed by atoms with van der Waals surface area (Å²) in [5.74, 6) is 0. The molecule has 16 heavy (non-hydrogen) atoms. The molecule has 6 heteroatoms. The highest BCUT2D eigenvalue weighted by Gasteiger charge is 2.25. The molecule has 0 spiro atoms. The predicted octanol–water partition coefficient (Wildman–Crippen LogP) is 2.96. The number of sulfonamides is 1. The Morgan fingerprint density at radius 1 is 1.25 bits per heavy atom. The van der Waals surface area contributed by atoms with Gasteiger partial charge >= 0.3 is 0 Å². The van der Waals surface area contributed by atoms with E-state index in [-0.39, 0.29) is 4.66 Å². The van der Waals surface area contributed by atoms with Crippen LogP contribution in [0.5, 0.6) is 0 Å². The summed E-state index contributed by atoms with van der Waals surface area (Å²) in [5.41, 5.74) is 0.299. The molecule has 90 valence electrons. The van der Waals surface area contributed by atoms with Crippen molar-refractivity contribution >= 4 is 41.9 Å². The fraction of sp³-hybridized carbons (Fsp3) is 0.400. The molecule has 0 heterocycles. The topological polar surface area (TPSA) is 46.2 Å². The molecule has 0 unspecified atom stereocenters. The summed E-state index contributed by atoms with van der Waals surface area (Å²) in [6, 6.07) is 7.56. The van der Waals surface area contributed by atoms with E-state index in [1.807, 2.05) is 38.1 Å². The minimum absolute atomic E-state index is 0.0973. The number of halogens is 2. The van der Waals surface area contributed by atoms with Gasteiger partial charge in [0, 0.05) is 4.47 Å². The Morgan fingerprint density at radius 3 is 2.19 bits per heavy atom. The van der Waals surface area contributed by atoms with Gasteiger partial charge in [0.05, 0.1) is 5.54 Å². The van der Waals surface area contributed by atoms with Crippen LogP contribution < -0.4 is 4.72 Å². The van der Waals surface area contributed by atoms with Gasteiger partial charge in [0.25, 0.3) is 0 Å². The third-order valence-corrected chi connectivity index (χ3v) is 5.57. The van der Waals surface area contributed by atoms with E-state index in [0.717, 1.165) is 10.0 Å². The monoisotopic (exact) mass is 369 g/mol. The van der Waals surface area contributed by atoms with E-state index in [2.05, 4.69) is 36.6 Å². The van der Waals surface area contributed by atoms with Gasteiger partial charge in [-0.15, -0.1) is 0 Å². The van der Waals surface area contributed by atoms with Gasteiger partial charge in [-0.25, -0.2) is 13.1 Å². The predicted molar refractivity (Wildman–Crippen MR) is 73.0 cm³/mol. The van der Waals surface area contributed by atoms with Gasteiger partial charge in [0.2, 0.25) is 10.0 Å². The average Bonchev–Trinajstić information content (AvgIpc) is 2.17. The van der Waals surface area contributed by atoms with Gasteiger partial charge in [-0.05, 0) is 31.5 Å². The summed E-state index contributed by atoms with van der Waals surface area (Å²) in [4.78, 5) is 0. The first kappa shape index (κ1) is 14.2. The van der Waals surface area contributed by atoms with Crippen molar-refractivity contribution in [3.05, 3.63) is 34.3 Å². The van der Waals surface area contributed by atoms with Crippen LogP contribution in [0, 0.1) is 0 Å². The van der Waals surface area contributed by atoms with E-state index in [0.29, 0.717) is 0 Å². The molecule has 0 amide bonds. The van der Waals surface area contributed by atoms with Gasteiger partial charge in [-0.1, -0.05) is 44.0 Å². The molecule has 0 saturated carbocycles. The molecule has 1 rings (SSSR count). The van der Waals surface area contributed by atoms with Crippen LogP contribution in [0.2, 0.25) is 0 Å². The Labute approximate surface area is 113 Å². The molecular formula is C10H13Br2NO2S. The van der Waals surface area contributed by atoms with Gasteiger partial charge < -0.3 is 0 Å². The Bertz CT molecular complexity index is 454. The average molecular weight is 371 g/mol. The SMILES string of the molecule is CC(C)(NS(=O)(=O)CBr)c1ccc(Br)cc1. The minimum Gasteiger partial charge on any atom is -0.212 e. The number of rotatable bonds is 4. The molecule has 0 aliphatic rings. The first-order chi connectivity index (χ1) is 7.27. The lowest BCUT2D eigenvalue weighted by atomic mass is 9.96. The smallest absolute Gasteiger partial charge is 0.212 e. The fourth-order valence-electron chi connectivity index (χ4n) is 1.34. The van der Waals surface area contributed by atoms with Crippen molar-refractivity contribution in [1.82, 2.24) is 4.72 Å². The van der Waals surface area contributed by atoms with E-state index in [1.165, 1.54) is 0 Å². The zero-order chi connectivity index (χ0) is 12.4. The molecule has 3 nitrogen and oxygen atoms in total. The van der Waals surface area contributed by atoms with Crippen molar-refractivity contribution < 1.29 is 8.42 Å². The molecule has 0 bridgehead atoms. The van der Waals surface area contributed by atoms with Crippen molar-refractivity contribution in [2.45, 2.75) is 19.4 Å². The van der Waals surface area contributed by atoms with E-state index in [1.54, 1.807) is 0 Å². The maximum absolute atomic E-state index is 11.5. The fourth-order valence-corrected chi connectivity index (χ4v) is 2.90. The molecule has 1 aromatic carbocycles. The van der Waals surface area contributed by atoms with Crippen LogP contribution in [-0.2, 0) is 15.6 Å². The summed E-state index contributed by atoms with van der Waals surface area (Å²) in [6.07, 6.45) is 0. The lowest BCUT2D eigenvalue weighted by Gasteiger charge is -2.26. The van der Waals surface area contributed by atoms with E-state index < -0.39 is 15.6 Å². The molecule has 0 atom stereocenters. The molecule has 0 saturated heterocycles. The van der Waals surface area contributed by atoms with Crippen molar-refractivity contribution in [2.24, 2.45) is 0 Å². The number of hydrogen-bond acceptors (Lipinski definition) is 2. The van der Waals surface area contributed by atoms with Crippen LogP contribution in [0.1, 0.15) is 19.4 Å². The number of nitrogens with one attached hydrogen (secondary N) is 1. The molecule has 0 aliphatic heterocycles. The van der Waals surface area contributed by atoms with Crippen LogP contribution in [-0.4, -0.2) is 13.1 Å². The van der Waals surface area contributed by atoms with Gasteiger partial charge in [-0.3, -0.25) is 0 Å². The summed E-state index contributed by atoms with van der Waals surface area (Å²) < 4.78 is 26.5. The van der Waals surface area contributed by atoms with Crippen molar-refractivity contribution in [1.29, 1.82) is 0 Å². The number of benzene rings is 1. The van der Waals surface area contributed by atoms with Crippen LogP contribution in [0.15, 0.2) is 28.7 Å². The third-order valence-electron chi connectivity index (χ3n) is 2.12. The van der Waals surface area contributed by atoms with Crippen molar-refractivity contribution in [3.8, 4) is 0 Å². The maximum Gasteiger partial charge on any atom is 0.222 e. The lowest BCUT2D eigenvalue weighted by molar-refractivity contribution is 0.474. The van der Waals surface area contributed by atoms with Crippen LogP contribution in [0.4, 0.5) is 0 Å². The Hall–Kier alpha value is 0.0900. The maximum atomic E-state index is 11.5. The first-order valence-electron chi connectivity index (χ1n) is 4.60. The van der Waals surface area contributed by atoms with Gasteiger partial charge in [0.1, 0.15) is 4.66 Å². The number of hydrogen-bond donors (Lipinski definition) is 1. The Balaban J connectivity index is 2.98. The Morgan fingerprint density at radius 2 is 1.75 bits per heavy atom. The normalized spacial score (nSPS) is 12.8. The highest BCUT2D eigenvalue weighted by molar-refractivity contribution is 9.10. The second-order valence-electron chi connectivity index (χ2n) is 3.96. The van der Waals surface area contributed by atoms with Crippen LogP contribution >= 0.6 is 31.9 Å². The second-order valence-corrected chi connectivity index (χ2v) is 7.90. The van der Waals surface area contributed by atoms with E-state index in [9.17, 15) is 8.42 Å². The molecule has 1 aromatic rings. The van der Waals surface area contributed by atoms with Gasteiger partial charge in [0.15, 0.2) is 0 Å². The summed E-state index contributed by atoms with van der Waals surface area (Å²) in [6.45, 7) is 3.66. The summed E-state index contributed by atoms with van der Waals surface area (Å²) in [7, 11) is -3.28. The summed E-state index contributed by atoms with van der Waals surface area (Å²) in [5, 5.41) is 0. The highest BCUT2D eigenvalue weighted by Crippen LogP contribution is 2.23. The quantitative estimate of drug-likeness (QED) is 0.828. The molecule has 0 fully saturated rings. The summed E-state index contributed by atoms with van der Waals surface area (Å²) >= 11 is 6.29. The highest BCUT2D eigenvalue weighted by atomic mass is 79.9. The van der Waals surface area contributed by atoms with E-state index in [4.69, 9.17) is 0 Å². The zero-order valence-corrected chi connectivity index (χ0v) is 13.0. The first-order valence-corrected chi connectivity index (χ1v) is 8.17. The van der Waals surface area contributed by atoms with E-state index >= 15 is 0 Å². The van der Waals surface area contributed by atoms with Crippen LogP contribution in [0.25, 0.3) is 0 Å². The molecule has 0 radical (unpaired) electrons. The van der Waals surface area contributed by atoms with Crippen molar-refractivity contribution in [2.75, 3.05) is 4.66 Å². The third kappa shape index (κ3) is 3.84. The molecule has 0 aromatic heterocycles. The molecular weight excluding hydrogens is 358 g/mol.